The Hall–Kier alpha value is -2.65. The number of nitriles is 1. The molecule has 0 N–H and O–H groups in total. The fraction of sp³-hybridized carbons (Fsp3) is 0.0500. The largest absolute Gasteiger partial charge is 0.235 e. The molecule has 0 aliphatic heterocycles. The van der Waals surface area contributed by atoms with Crippen LogP contribution in [0.3, 0.4) is 0 Å². The van der Waals surface area contributed by atoms with Crippen molar-refractivity contribution in [2.75, 3.05) is 0 Å². The lowest BCUT2D eigenvalue weighted by Crippen LogP contribution is -1.96. The summed E-state index contributed by atoms with van der Waals surface area (Å²) in [7, 11) is 0. The molecule has 0 aliphatic carbocycles. The van der Waals surface area contributed by atoms with Crippen molar-refractivity contribution in [1.82, 2.24) is 14.8 Å². The molecule has 0 atom stereocenters. The predicted molar refractivity (Wildman–Crippen MR) is 111 cm³/mol. The summed E-state index contributed by atoms with van der Waals surface area (Å²) < 4.78 is 2.67. The van der Waals surface area contributed by atoms with Gasteiger partial charge in [-0.25, -0.2) is 9.67 Å². The maximum Gasteiger partial charge on any atom is 0.140 e. The summed E-state index contributed by atoms with van der Waals surface area (Å²) in [4.78, 5) is 4.56. The molecule has 2 aromatic carbocycles. The predicted octanol–water partition coefficient (Wildman–Crippen LogP) is 6.16. The molecule has 0 fully saturated rings. The molecule has 2 aromatic heterocycles. The number of rotatable bonds is 3. The number of nitrogens with zero attached hydrogens (tertiary/aromatic N) is 4. The van der Waals surface area contributed by atoms with E-state index in [-0.39, 0.29) is 0 Å². The number of benzene rings is 2. The number of para-hydroxylation sites is 1. The van der Waals surface area contributed by atoms with Gasteiger partial charge in [-0.15, -0.1) is 11.3 Å². The third kappa shape index (κ3) is 3.35. The topological polar surface area (TPSA) is 54.5 Å². The van der Waals surface area contributed by atoms with Crippen LogP contribution in [-0.2, 0) is 0 Å². The summed E-state index contributed by atoms with van der Waals surface area (Å²) in [5.41, 5.74) is 3.55. The summed E-state index contributed by atoms with van der Waals surface area (Å²) in [6, 6.07) is 17.3. The van der Waals surface area contributed by atoms with Gasteiger partial charge in [0.25, 0.3) is 0 Å². The van der Waals surface area contributed by atoms with Crippen LogP contribution < -0.4 is 0 Å². The molecule has 0 bridgehead atoms. The molecule has 4 rings (SSSR count). The van der Waals surface area contributed by atoms with E-state index in [0.29, 0.717) is 26.3 Å². The van der Waals surface area contributed by atoms with Crippen molar-refractivity contribution in [2.45, 2.75) is 6.92 Å². The third-order valence-corrected chi connectivity index (χ3v) is 5.74. The summed E-state index contributed by atoms with van der Waals surface area (Å²) in [5, 5.41) is 15.9. The molecule has 132 valence electrons. The number of aromatic nitrogens is 3. The normalized spacial score (nSPS) is 11.7. The molecule has 27 heavy (non-hydrogen) atoms. The highest BCUT2D eigenvalue weighted by Gasteiger charge is 2.16. The summed E-state index contributed by atoms with van der Waals surface area (Å²) in [5.74, 6) is 0. The van der Waals surface area contributed by atoms with Gasteiger partial charge in [-0.05, 0) is 49.4 Å². The van der Waals surface area contributed by atoms with Gasteiger partial charge in [0.15, 0.2) is 0 Å². The first-order chi connectivity index (χ1) is 13.1. The molecule has 0 aliphatic rings. The highest BCUT2D eigenvalue weighted by molar-refractivity contribution is 7.19. The number of hydrogen-bond donors (Lipinski definition) is 0. The molecule has 0 radical (unpaired) electrons. The molecule has 4 aromatic rings. The zero-order valence-corrected chi connectivity index (χ0v) is 16.5. The first-order valence-corrected chi connectivity index (χ1v) is 9.63. The minimum absolute atomic E-state index is 0.434. The van der Waals surface area contributed by atoms with Crippen LogP contribution in [0.1, 0.15) is 16.3 Å². The van der Waals surface area contributed by atoms with Gasteiger partial charge in [-0.1, -0.05) is 35.3 Å². The maximum absolute atomic E-state index is 9.67. The Balaban J connectivity index is 1.80. The molecule has 7 heteroatoms. The number of hydrogen-bond acceptors (Lipinski definition) is 4. The SMILES string of the molecule is Cc1nn(-c2ccc(Cl)cc2)c(Cl)c1C=C(C#N)c1nc2ccccc2s1. The lowest BCUT2D eigenvalue weighted by molar-refractivity contribution is 0.863. The van der Waals surface area contributed by atoms with E-state index in [4.69, 9.17) is 23.2 Å². The molecule has 0 saturated carbocycles. The Kier molecular flexibility index (Phi) is 4.71. The average Bonchev–Trinajstić information content (AvgIpc) is 3.22. The molecule has 0 saturated heterocycles. The van der Waals surface area contributed by atoms with Crippen molar-refractivity contribution < 1.29 is 0 Å². The second kappa shape index (κ2) is 7.16. The smallest absolute Gasteiger partial charge is 0.140 e. The van der Waals surface area contributed by atoms with Crippen molar-refractivity contribution in [3.63, 3.8) is 0 Å². The van der Waals surface area contributed by atoms with E-state index in [1.54, 1.807) is 22.9 Å². The average molecular weight is 411 g/mol. The van der Waals surface area contributed by atoms with Crippen molar-refractivity contribution in [3.05, 3.63) is 75.0 Å². The lowest BCUT2D eigenvalue weighted by Gasteiger charge is -2.03. The van der Waals surface area contributed by atoms with E-state index in [1.807, 2.05) is 43.3 Å². The van der Waals surface area contributed by atoms with E-state index >= 15 is 0 Å². The number of fused-ring (bicyclic) bond motifs is 1. The van der Waals surface area contributed by atoms with Gasteiger partial charge in [0.05, 0.1) is 27.2 Å². The Bertz CT molecular complexity index is 1180. The maximum atomic E-state index is 9.67. The standard InChI is InChI=1S/C20H12Cl2N4S/c1-12-16(19(22)26(25-12)15-8-6-14(21)7-9-15)10-13(11-23)20-24-17-4-2-3-5-18(17)27-20/h2-10H,1H3. The monoisotopic (exact) mass is 410 g/mol. The zero-order valence-electron chi connectivity index (χ0n) is 14.1. The Morgan fingerprint density at radius 1 is 1.15 bits per heavy atom. The molecular formula is C20H12Cl2N4S. The fourth-order valence-electron chi connectivity index (χ4n) is 2.70. The molecule has 0 spiro atoms. The van der Waals surface area contributed by atoms with Crippen LogP contribution in [0.25, 0.3) is 27.6 Å². The van der Waals surface area contributed by atoms with Gasteiger partial charge in [0.1, 0.15) is 16.2 Å². The quantitative estimate of drug-likeness (QED) is 0.379. The van der Waals surface area contributed by atoms with E-state index in [9.17, 15) is 5.26 Å². The first-order valence-electron chi connectivity index (χ1n) is 8.05. The molecule has 0 unspecified atom stereocenters. The lowest BCUT2D eigenvalue weighted by atomic mass is 10.2. The summed E-state index contributed by atoms with van der Waals surface area (Å²) in [6.45, 7) is 1.86. The van der Waals surface area contributed by atoms with E-state index < -0.39 is 0 Å². The van der Waals surface area contributed by atoms with Gasteiger partial charge in [0.2, 0.25) is 0 Å². The second-order valence-corrected chi connectivity index (χ2v) is 7.66. The van der Waals surface area contributed by atoms with Gasteiger partial charge in [-0.2, -0.15) is 10.4 Å². The van der Waals surface area contributed by atoms with Crippen molar-refractivity contribution >= 4 is 56.4 Å². The summed E-state index contributed by atoms with van der Waals surface area (Å²) in [6.07, 6.45) is 1.74. The molecular weight excluding hydrogens is 399 g/mol. The number of halogens is 2. The fourth-order valence-corrected chi connectivity index (χ4v) is 4.09. The van der Waals surface area contributed by atoms with Gasteiger partial charge in [0, 0.05) is 10.6 Å². The minimum atomic E-state index is 0.434. The Labute approximate surface area is 169 Å². The molecule has 4 nitrogen and oxygen atoms in total. The van der Waals surface area contributed by atoms with Crippen LogP contribution in [0.15, 0.2) is 48.5 Å². The van der Waals surface area contributed by atoms with Crippen molar-refractivity contribution in [3.8, 4) is 11.8 Å². The number of allylic oxidation sites excluding steroid dienone is 1. The zero-order chi connectivity index (χ0) is 19.0. The molecule has 0 amide bonds. The van der Waals surface area contributed by atoms with Gasteiger partial charge < -0.3 is 0 Å². The van der Waals surface area contributed by atoms with Crippen molar-refractivity contribution in [1.29, 1.82) is 5.26 Å². The van der Waals surface area contributed by atoms with Crippen LogP contribution >= 0.6 is 34.5 Å². The number of aryl methyl sites for hydroxylation is 1. The first kappa shape index (κ1) is 17.7. The van der Waals surface area contributed by atoms with Crippen LogP contribution in [0.2, 0.25) is 10.2 Å². The third-order valence-electron chi connectivity index (χ3n) is 4.05. The Morgan fingerprint density at radius 2 is 1.89 bits per heavy atom. The second-order valence-electron chi connectivity index (χ2n) is 5.83. The minimum Gasteiger partial charge on any atom is -0.235 e. The van der Waals surface area contributed by atoms with Crippen LogP contribution in [0.5, 0.6) is 0 Å². The van der Waals surface area contributed by atoms with Gasteiger partial charge >= 0.3 is 0 Å². The van der Waals surface area contributed by atoms with Crippen molar-refractivity contribution in [2.24, 2.45) is 0 Å². The van der Waals surface area contributed by atoms with E-state index in [1.165, 1.54) is 11.3 Å². The van der Waals surface area contributed by atoms with E-state index in [2.05, 4.69) is 16.2 Å². The highest BCUT2D eigenvalue weighted by atomic mass is 35.5. The van der Waals surface area contributed by atoms with Crippen LogP contribution in [-0.4, -0.2) is 14.8 Å². The summed E-state index contributed by atoms with van der Waals surface area (Å²) >= 11 is 14.0. The molecule has 2 heterocycles. The Morgan fingerprint density at radius 3 is 2.59 bits per heavy atom. The van der Waals surface area contributed by atoms with E-state index in [0.717, 1.165) is 21.6 Å². The van der Waals surface area contributed by atoms with Gasteiger partial charge in [-0.3, -0.25) is 0 Å². The number of thiazole rings is 1. The van der Waals surface area contributed by atoms with Crippen LogP contribution in [0, 0.1) is 18.3 Å². The van der Waals surface area contributed by atoms with Crippen LogP contribution in [0.4, 0.5) is 0 Å². The highest BCUT2D eigenvalue weighted by Crippen LogP contribution is 2.31.